The number of piperidine rings is 1. The van der Waals surface area contributed by atoms with Crippen LogP contribution in [0.25, 0.3) is 0 Å². The van der Waals surface area contributed by atoms with Crippen LogP contribution in [0, 0.1) is 19.8 Å². The second kappa shape index (κ2) is 8.12. The molecule has 1 aliphatic heterocycles. The van der Waals surface area contributed by atoms with Gasteiger partial charge in [0.25, 0.3) is 0 Å². The van der Waals surface area contributed by atoms with Gasteiger partial charge in [-0.2, -0.15) is 4.31 Å². The van der Waals surface area contributed by atoms with E-state index in [0.717, 1.165) is 16.0 Å². The first-order valence-corrected chi connectivity index (χ1v) is 11.5. The average Bonchev–Trinajstić information content (AvgIpc) is 3.16. The van der Waals surface area contributed by atoms with E-state index in [9.17, 15) is 13.2 Å². The standard InChI is InChI=1S/C20H26N2O3S2/c1-14-6-7-19(15(2)13-14)27(24,25)22-10-8-17(9-11-22)20(23)21-16(3)18-5-4-12-26-18/h4-7,12-13,16-17H,8-11H2,1-3H3,(H,21,23)/t16-/m1/s1. The van der Waals surface area contributed by atoms with Gasteiger partial charge >= 0.3 is 0 Å². The highest BCUT2D eigenvalue weighted by Crippen LogP contribution is 2.27. The Hall–Kier alpha value is -1.70. The molecule has 0 saturated carbocycles. The largest absolute Gasteiger partial charge is 0.349 e. The van der Waals surface area contributed by atoms with Crippen LogP contribution < -0.4 is 5.32 Å². The van der Waals surface area contributed by atoms with Crippen LogP contribution in [-0.4, -0.2) is 31.7 Å². The molecule has 0 spiro atoms. The van der Waals surface area contributed by atoms with Crippen molar-refractivity contribution in [3.8, 4) is 0 Å². The molecule has 1 amide bonds. The molecule has 1 N–H and O–H groups in total. The van der Waals surface area contributed by atoms with E-state index in [-0.39, 0.29) is 17.9 Å². The quantitative estimate of drug-likeness (QED) is 0.824. The number of hydrogen-bond donors (Lipinski definition) is 1. The van der Waals surface area contributed by atoms with Crippen LogP contribution in [0.4, 0.5) is 0 Å². The molecule has 5 nitrogen and oxygen atoms in total. The maximum absolute atomic E-state index is 13.0. The molecule has 1 atom stereocenters. The molecule has 0 unspecified atom stereocenters. The van der Waals surface area contributed by atoms with Gasteiger partial charge in [-0.25, -0.2) is 8.42 Å². The number of hydrogen-bond acceptors (Lipinski definition) is 4. The van der Waals surface area contributed by atoms with Crippen molar-refractivity contribution in [3.05, 3.63) is 51.7 Å². The minimum Gasteiger partial charge on any atom is -0.349 e. The molecule has 3 rings (SSSR count). The molecule has 0 bridgehead atoms. The summed E-state index contributed by atoms with van der Waals surface area (Å²) in [5.41, 5.74) is 1.81. The van der Waals surface area contributed by atoms with Crippen molar-refractivity contribution in [1.82, 2.24) is 9.62 Å². The van der Waals surface area contributed by atoms with Crippen molar-refractivity contribution in [1.29, 1.82) is 0 Å². The van der Waals surface area contributed by atoms with Crippen molar-refractivity contribution in [2.24, 2.45) is 5.92 Å². The monoisotopic (exact) mass is 406 g/mol. The summed E-state index contributed by atoms with van der Waals surface area (Å²) >= 11 is 1.62. The topological polar surface area (TPSA) is 66.5 Å². The number of nitrogens with zero attached hydrogens (tertiary/aromatic N) is 1. The fourth-order valence-electron chi connectivity index (χ4n) is 3.53. The summed E-state index contributed by atoms with van der Waals surface area (Å²) in [6.45, 7) is 6.50. The van der Waals surface area contributed by atoms with E-state index in [0.29, 0.717) is 30.8 Å². The molecule has 1 aromatic heterocycles. The molecule has 1 saturated heterocycles. The summed E-state index contributed by atoms with van der Waals surface area (Å²) in [4.78, 5) is 14.0. The minimum atomic E-state index is -3.51. The van der Waals surface area contributed by atoms with Crippen LogP contribution in [0.1, 0.15) is 41.8 Å². The lowest BCUT2D eigenvalue weighted by molar-refractivity contribution is -0.126. The zero-order valence-corrected chi connectivity index (χ0v) is 17.6. The molecular formula is C20H26N2O3S2. The van der Waals surface area contributed by atoms with Crippen LogP contribution in [0.5, 0.6) is 0 Å². The summed E-state index contributed by atoms with van der Waals surface area (Å²) in [6.07, 6.45) is 1.10. The fraction of sp³-hybridized carbons (Fsp3) is 0.450. The van der Waals surface area contributed by atoms with Gasteiger partial charge in [-0.15, -0.1) is 11.3 Å². The number of carbonyl (C=O) groups excluding carboxylic acids is 1. The zero-order chi connectivity index (χ0) is 19.6. The summed E-state index contributed by atoms with van der Waals surface area (Å²) in [6, 6.07) is 9.36. The van der Waals surface area contributed by atoms with Crippen molar-refractivity contribution in [3.63, 3.8) is 0 Å². The van der Waals surface area contributed by atoms with E-state index >= 15 is 0 Å². The second-order valence-electron chi connectivity index (χ2n) is 7.19. The number of nitrogens with one attached hydrogen (secondary N) is 1. The summed E-state index contributed by atoms with van der Waals surface area (Å²) < 4.78 is 27.4. The van der Waals surface area contributed by atoms with E-state index in [1.54, 1.807) is 17.4 Å². The van der Waals surface area contributed by atoms with Gasteiger partial charge in [-0.3, -0.25) is 4.79 Å². The highest BCUT2D eigenvalue weighted by molar-refractivity contribution is 7.89. The molecule has 1 aromatic carbocycles. The number of rotatable bonds is 5. The zero-order valence-electron chi connectivity index (χ0n) is 15.9. The lowest BCUT2D eigenvalue weighted by Gasteiger charge is -2.31. The lowest BCUT2D eigenvalue weighted by Crippen LogP contribution is -2.43. The average molecular weight is 407 g/mol. The Kier molecular flexibility index (Phi) is 6.03. The number of carbonyl (C=O) groups is 1. The van der Waals surface area contributed by atoms with Crippen LogP contribution in [0.15, 0.2) is 40.6 Å². The Morgan fingerprint density at radius 3 is 2.52 bits per heavy atom. The Labute approximate surface area is 165 Å². The van der Waals surface area contributed by atoms with Gasteiger partial charge in [0.05, 0.1) is 10.9 Å². The summed E-state index contributed by atoms with van der Waals surface area (Å²) in [5, 5.41) is 5.05. The first-order chi connectivity index (χ1) is 12.8. The van der Waals surface area contributed by atoms with Crippen LogP contribution in [0.3, 0.4) is 0 Å². The maximum atomic E-state index is 13.0. The molecule has 146 valence electrons. The molecule has 0 radical (unpaired) electrons. The third kappa shape index (κ3) is 4.42. The lowest BCUT2D eigenvalue weighted by atomic mass is 9.97. The van der Waals surface area contributed by atoms with Crippen molar-refractivity contribution in [2.75, 3.05) is 13.1 Å². The number of thiophene rings is 1. The van der Waals surface area contributed by atoms with E-state index in [4.69, 9.17) is 0 Å². The van der Waals surface area contributed by atoms with Gasteiger partial charge in [-0.1, -0.05) is 23.8 Å². The molecule has 1 aliphatic rings. The van der Waals surface area contributed by atoms with Crippen LogP contribution >= 0.6 is 11.3 Å². The van der Waals surface area contributed by atoms with E-state index < -0.39 is 10.0 Å². The molecule has 2 aromatic rings. The highest BCUT2D eigenvalue weighted by atomic mass is 32.2. The first kappa shape index (κ1) is 20.0. The second-order valence-corrected chi connectivity index (χ2v) is 10.1. The molecular weight excluding hydrogens is 380 g/mol. The Morgan fingerprint density at radius 2 is 1.93 bits per heavy atom. The minimum absolute atomic E-state index is 0.0134. The van der Waals surface area contributed by atoms with Gasteiger partial charge < -0.3 is 5.32 Å². The SMILES string of the molecule is Cc1ccc(S(=O)(=O)N2CCC(C(=O)N[C@H](C)c3cccs3)CC2)c(C)c1. The van der Waals surface area contributed by atoms with Gasteiger partial charge in [0.2, 0.25) is 15.9 Å². The molecule has 0 aliphatic carbocycles. The maximum Gasteiger partial charge on any atom is 0.243 e. The molecule has 27 heavy (non-hydrogen) atoms. The van der Waals surface area contributed by atoms with Crippen molar-refractivity contribution in [2.45, 2.75) is 44.6 Å². The van der Waals surface area contributed by atoms with Crippen molar-refractivity contribution >= 4 is 27.3 Å². The first-order valence-electron chi connectivity index (χ1n) is 9.20. The Balaban J connectivity index is 1.62. The van der Waals surface area contributed by atoms with Crippen LogP contribution in [-0.2, 0) is 14.8 Å². The third-order valence-electron chi connectivity index (χ3n) is 5.10. The van der Waals surface area contributed by atoms with E-state index in [2.05, 4.69) is 5.32 Å². The van der Waals surface area contributed by atoms with Gasteiger partial charge in [0, 0.05) is 23.9 Å². The predicted octanol–water partition coefficient (Wildman–Crippen LogP) is 3.64. The normalized spacial score (nSPS) is 17.6. The molecule has 2 heterocycles. The van der Waals surface area contributed by atoms with Gasteiger partial charge in [0.15, 0.2) is 0 Å². The number of amides is 1. The smallest absolute Gasteiger partial charge is 0.243 e. The van der Waals surface area contributed by atoms with Crippen molar-refractivity contribution < 1.29 is 13.2 Å². The predicted molar refractivity (Wildman–Crippen MR) is 108 cm³/mol. The number of sulfonamides is 1. The Morgan fingerprint density at radius 1 is 1.22 bits per heavy atom. The van der Waals surface area contributed by atoms with E-state index in [1.807, 2.05) is 50.4 Å². The fourth-order valence-corrected chi connectivity index (χ4v) is 5.94. The van der Waals surface area contributed by atoms with Crippen LogP contribution in [0.2, 0.25) is 0 Å². The number of aryl methyl sites for hydroxylation is 2. The third-order valence-corrected chi connectivity index (χ3v) is 8.22. The highest BCUT2D eigenvalue weighted by Gasteiger charge is 2.33. The summed E-state index contributed by atoms with van der Waals surface area (Å²) in [5.74, 6) is -0.127. The molecule has 1 fully saturated rings. The van der Waals surface area contributed by atoms with Gasteiger partial charge in [-0.05, 0) is 56.7 Å². The van der Waals surface area contributed by atoms with E-state index in [1.165, 1.54) is 4.31 Å². The summed E-state index contributed by atoms with van der Waals surface area (Å²) in [7, 11) is -3.51. The molecule has 7 heteroatoms. The number of benzene rings is 1. The van der Waals surface area contributed by atoms with Gasteiger partial charge in [0.1, 0.15) is 0 Å². The Bertz CT molecular complexity index is 899.